The molecule has 0 saturated heterocycles. The fraction of sp³-hybridized carbons (Fsp3) is 0.667. The average Bonchev–Trinajstić information content (AvgIpc) is 2.41. The first-order valence-corrected chi connectivity index (χ1v) is 7.98. The van der Waals surface area contributed by atoms with E-state index in [1.165, 1.54) is 61.8 Å². The van der Waals surface area contributed by atoms with Crippen LogP contribution in [0.2, 0.25) is 0 Å². The number of hydrogen-bond acceptors (Lipinski definition) is 1. The molecule has 19 heavy (non-hydrogen) atoms. The van der Waals surface area contributed by atoms with E-state index in [-0.39, 0.29) is 0 Å². The summed E-state index contributed by atoms with van der Waals surface area (Å²) in [6.45, 7) is 7.86. The second-order valence-corrected chi connectivity index (χ2v) is 6.31. The topological polar surface area (TPSA) is 12.0 Å². The Labute approximate surface area is 118 Å². The Morgan fingerprint density at radius 1 is 1.16 bits per heavy atom. The quantitative estimate of drug-likeness (QED) is 0.826. The first kappa shape index (κ1) is 14.6. The highest BCUT2D eigenvalue weighted by Gasteiger charge is 2.21. The number of rotatable bonds is 5. The maximum atomic E-state index is 3.71. The summed E-state index contributed by atoms with van der Waals surface area (Å²) in [6.07, 6.45) is 8.08. The van der Waals surface area contributed by atoms with Gasteiger partial charge in [-0.25, -0.2) is 0 Å². The van der Waals surface area contributed by atoms with Gasteiger partial charge in [0, 0.05) is 6.04 Å². The monoisotopic (exact) mass is 259 g/mol. The Bertz CT molecular complexity index is 397. The molecule has 1 aliphatic rings. The van der Waals surface area contributed by atoms with Crippen molar-refractivity contribution in [1.29, 1.82) is 0 Å². The average molecular weight is 259 g/mol. The molecule has 1 N–H and O–H groups in total. The molecule has 1 heteroatoms. The van der Waals surface area contributed by atoms with E-state index in [1.807, 2.05) is 0 Å². The Kier molecular flexibility index (Phi) is 5.45. The van der Waals surface area contributed by atoms with E-state index >= 15 is 0 Å². The third kappa shape index (κ3) is 4.35. The molecule has 0 aliphatic heterocycles. The summed E-state index contributed by atoms with van der Waals surface area (Å²) >= 11 is 0. The van der Waals surface area contributed by atoms with Crippen molar-refractivity contribution in [1.82, 2.24) is 5.32 Å². The van der Waals surface area contributed by atoms with Crippen molar-refractivity contribution in [3.63, 3.8) is 0 Å². The van der Waals surface area contributed by atoms with Crippen LogP contribution in [-0.4, -0.2) is 12.6 Å². The lowest BCUT2D eigenvalue weighted by Crippen LogP contribution is -2.35. The zero-order chi connectivity index (χ0) is 13.7. The predicted molar refractivity (Wildman–Crippen MR) is 83.7 cm³/mol. The molecular weight excluding hydrogens is 230 g/mol. The van der Waals surface area contributed by atoms with E-state index < -0.39 is 0 Å². The first-order valence-electron chi connectivity index (χ1n) is 7.98. The van der Waals surface area contributed by atoms with Crippen molar-refractivity contribution in [3.05, 3.63) is 34.9 Å². The summed E-state index contributed by atoms with van der Waals surface area (Å²) in [6, 6.07) is 7.76. The van der Waals surface area contributed by atoms with Gasteiger partial charge in [-0.1, -0.05) is 38.0 Å². The fourth-order valence-electron chi connectivity index (χ4n) is 3.27. The second-order valence-electron chi connectivity index (χ2n) is 6.31. The highest BCUT2D eigenvalue weighted by molar-refractivity contribution is 5.30. The molecule has 0 radical (unpaired) electrons. The van der Waals surface area contributed by atoms with E-state index in [4.69, 9.17) is 0 Å². The van der Waals surface area contributed by atoms with Crippen LogP contribution >= 0.6 is 0 Å². The normalized spacial score (nSPS) is 23.5. The van der Waals surface area contributed by atoms with Crippen molar-refractivity contribution >= 4 is 0 Å². The second kappa shape index (κ2) is 7.09. The van der Waals surface area contributed by atoms with Gasteiger partial charge in [-0.3, -0.25) is 0 Å². The van der Waals surface area contributed by atoms with Crippen molar-refractivity contribution < 1.29 is 0 Å². The van der Waals surface area contributed by atoms with E-state index in [0.29, 0.717) is 0 Å². The molecule has 2 atom stereocenters. The molecule has 0 aromatic heterocycles. The van der Waals surface area contributed by atoms with Gasteiger partial charge in [0.1, 0.15) is 0 Å². The first-order chi connectivity index (χ1) is 9.19. The van der Waals surface area contributed by atoms with E-state index in [1.54, 1.807) is 0 Å². The van der Waals surface area contributed by atoms with Gasteiger partial charge in [-0.05, 0) is 68.7 Å². The third-order valence-electron chi connectivity index (χ3n) is 4.56. The molecule has 0 bridgehead atoms. The highest BCUT2D eigenvalue weighted by atomic mass is 14.9. The van der Waals surface area contributed by atoms with Crippen molar-refractivity contribution in [2.75, 3.05) is 6.54 Å². The standard InChI is InChI=1S/C18H29N/c1-4-10-19-18-7-5-6-16(13-18)12-17-9-8-14(2)15(3)11-17/h8-9,11,16,18-19H,4-7,10,12-13H2,1-3H3. The lowest BCUT2D eigenvalue weighted by atomic mass is 9.81. The maximum absolute atomic E-state index is 3.71. The smallest absolute Gasteiger partial charge is 0.00698 e. The Hall–Kier alpha value is -0.820. The highest BCUT2D eigenvalue weighted by Crippen LogP contribution is 2.28. The van der Waals surface area contributed by atoms with Gasteiger partial charge in [0.05, 0.1) is 0 Å². The Morgan fingerprint density at radius 3 is 2.74 bits per heavy atom. The summed E-state index contributed by atoms with van der Waals surface area (Å²) in [7, 11) is 0. The van der Waals surface area contributed by atoms with Crippen molar-refractivity contribution in [2.24, 2.45) is 5.92 Å². The van der Waals surface area contributed by atoms with Gasteiger partial charge in [-0.15, -0.1) is 0 Å². The fourth-order valence-corrected chi connectivity index (χ4v) is 3.27. The van der Waals surface area contributed by atoms with E-state index in [2.05, 4.69) is 44.3 Å². The van der Waals surface area contributed by atoms with Crippen LogP contribution in [0, 0.1) is 19.8 Å². The lowest BCUT2D eigenvalue weighted by molar-refractivity contribution is 0.284. The lowest BCUT2D eigenvalue weighted by Gasteiger charge is -2.30. The van der Waals surface area contributed by atoms with Crippen LogP contribution in [0.3, 0.4) is 0 Å². The predicted octanol–water partition coefficient (Wildman–Crippen LogP) is 4.40. The Morgan fingerprint density at radius 2 is 2.00 bits per heavy atom. The summed E-state index contributed by atoms with van der Waals surface area (Å²) in [5, 5.41) is 3.71. The van der Waals surface area contributed by atoms with Crippen molar-refractivity contribution in [3.8, 4) is 0 Å². The van der Waals surface area contributed by atoms with Crippen LogP contribution in [0.25, 0.3) is 0 Å². The summed E-state index contributed by atoms with van der Waals surface area (Å²) < 4.78 is 0. The number of nitrogens with one attached hydrogen (secondary N) is 1. The van der Waals surface area contributed by atoms with Gasteiger partial charge in [0.2, 0.25) is 0 Å². The van der Waals surface area contributed by atoms with Crippen LogP contribution < -0.4 is 5.32 Å². The van der Waals surface area contributed by atoms with Crippen LogP contribution in [-0.2, 0) is 6.42 Å². The molecule has 1 nitrogen and oxygen atoms in total. The number of hydrogen-bond donors (Lipinski definition) is 1. The van der Waals surface area contributed by atoms with Gasteiger partial charge in [0.25, 0.3) is 0 Å². The molecule has 0 amide bonds. The van der Waals surface area contributed by atoms with Gasteiger partial charge >= 0.3 is 0 Å². The van der Waals surface area contributed by atoms with Crippen LogP contribution in [0.1, 0.15) is 55.7 Å². The minimum atomic E-state index is 0.769. The summed E-state index contributed by atoms with van der Waals surface area (Å²) in [5.74, 6) is 0.880. The van der Waals surface area contributed by atoms with E-state index in [0.717, 1.165) is 12.0 Å². The van der Waals surface area contributed by atoms with Crippen LogP contribution in [0.5, 0.6) is 0 Å². The number of benzene rings is 1. The molecule has 1 saturated carbocycles. The molecule has 1 aromatic rings. The van der Waals surface area contributed by atoms with Gasteiger partial charge in [-0.2, -0.15) is 0 Å². The van der Waals surface area contributed by atoms with Gasteiger partial charge < -0.3 is 5.32 Å². The van der Waals surface area contributed by atoms with Crippen molar-refractivity contribution in [2.45, 2.75) is 65.3 Å². The van der Waals surface area contributed by atoms with Crippen LogP contribution in [0.4, 0.5) is 0 Å². The molecule has 0 heterocycles. The maximum Gasteiger partial charge on any atom is 0.00698 e. The minimum Gasteiger partial charge on any atom is -0.314 e. The molecule has 1 fully saturated rings. The zero-order valence-electron chi connectivity index (χ0n) is 12.8. The molecule has 106 valence electrons. The van der Waals surface area contributed by atoms with E-state index in [9.17, 15) is 0 Å². The zero-order valence-corrected chi connectivity index (χ0v) is 12.8. The SMILES string of the molecule is CCCNC1CCCC(Cc2ccc(C)c(C)c2)C1. The molecular formula is C18H29N. The summed E-state index contributed by atoms with van der Waals surface area (Å²) in [4.78, 5) is 0. The van der Waals surface area contributed by atoms with Crippen LogP contribution in [0.15, 0.2) is 18.2 Å². The minimum absolute atomic E-state index is 0.769. The number of aryl methyl sites for hydroxylation is 2. The summed E-state index contributed by atoms with van der Waals surface area (Å²) in [5.41, 5.74) is 4.38. The molecule has 1 aromatic carbocycles. The molecule has 0 spiro atoms. The Balaban J connectivity index is 1.89. The third-order valence-corrected chi connectivity index (χ3v) is 4.56. The molecule has 2 rings (SSSR count). The largest absolute Gasteiger partial charge is 0.314 e. The molecule has 2 unspecified atom stereocenters. The molecule has 1 aliphatic carbocycles. The van der Waals surface area contributed by atoms with Gasteiger partial charge in [0.15, 0.2) is 0 Å².